The van der Waals surface area contributed by atoms with Gasteiger partial charge in [0.05, 0.1) is 6.04 Å². The molecule has 0 fully saturated rings. The number of nitrogens with two attached hydrogens (primary N) is 1. The Labute approximate surface area is 55.5 Å². The van der Waals surface area contributed by atoms with Crippen LogP contribution in [-0.2, 0) is 0 Å². The maximum absolute atomic E-state index is 5.47. The van der Waals surface area contributed by atoms with E-state index in [1.54, 1.807) is 6.21 Å². The molecule has 0 radical (unpaired) electrons. The van der Waals surface area contributed by atoms with Crippen molar-refractivity contribution in [2.45, 2.75) is 19.9 Å². The van der Waals surface area contributed by atoms with E-state index in [9.17, 15) is 0 Å². The first-order valence-electron chi connectivity index (χ1n) is 3.20. The molecule has 1 unspecified atom stereocenters. The maximum atomic E-state index is 5.47. The van der Waals surface area contributed by atoms with Crippen molar-refractivity contribution in [1.82, 2.24) is 0 Å². The molecule has 1 rings (SSSR count). The molecule has 9 heavy (non-hydrogen) atoms. The van der Waals surface area contributed by atoms with Gasteiger partial charge in [-0.3, -0.25) is 4.99 Å². The minimum atomic E-state index is 0.324. The summed E-state index contributed by atoms with van der Waals surface area (Å²) in [5.74, 6) is 0.572. The molecule has 0 spiro atoms. The third-order valence-electron chi connectivity index (χ3n) is 1.44. The predicted molar refractivity (Wildman–Crippen MR) is 39.4 cm³/mol. The van der Waals surface area contributed by atoms with Crippen LogP contribution in [0, 0.1) is 5.92 Å². The number of hydrogen-bond acceptors (Lipinski definition) is 2. The van der Waals surface area contributed by atoms with Gasteiger partial charge in [0.1, 0.15) is 0 Å². The summed E-state index contributed by atoms with van der Waals surface area (Å²) in [6, 6.07) is 0.324. The average Bonchev–Trinajstić information content (AvgIpc) is 2.14. The predicted octanol–water partition coefficient (Wildman–Crippen LogP) is 0.938. The zero-order valence-electron chi connectivity index (χ0n) is 5.83. The Balaban J connectivity index is 2.59. The standard InChI is InChI=1S/C7H12N2/c1-5(2)7-3-6(8)4-9-7/h3-5,7H,8H2,1-2H3. The van der Waals surface area contributed by atoms with E-state index in [1.807, 2.05) is 6.08 Å². The highest BCUT2D eigenvalue weighted by atomic mass is 14.8. The van der Waals surface area contributed by atoms with Gasteiger partial charge in [0.15, 0.2) is 0 Å². The third-order valence-corrected chi connectivity index (χ3v) is 1.44. The van der Waals surface area contributed by atoms with Gasteiger partial charge in [-0.05, 0) is 12.0 Å². The molecule has 1 atom stereocenters. The van der Waals surface area contributed by atoms with Crippen LogP contribution in [0.15, 0.2) is 16.8 Å². The van der Waals surface area contributed by atoms with E-state index in [0.29, 0.717) is 12.0 Å². The number of nitrogens with zero attached hydrogens (tertiary/aromatic N) is 1. The Morgan fingerprint density at radius 1 is 1.67 bits per heavy atom. The van der Waals surface area contributed by atoms with Crippen LogP contribution in [0.4, 0.5) is 0 Å². The minimum absolute atomic E-state index is 0.324. The lowest BCUT2D eigenvalue weighted by Gasteiger charge is -2.06. The molecule has 0 aromatic heterocycles. The Morgan fingerprint density at radius 3 is 2.56 bits per heavy atom. The summed E-state index contributed by atoms with van der Waals surface area (Å²) in [6.07, 6.45) is 3.72. The third kappa shape index (κ3) is 1.31. The molecule has 0 aromatic carbocycles. The van der Waals surface area contributed by atoms with Crippen molar-refractivity contribution in [3.05, 3.63) is 11.8 Å². The molecule has 0 saturated heterocycles. The van der Waals surface area contributed by atoms with E-state index in [2.05, 4.69) is 18.8 Å². The Hall–Kier alpha value is -0.790. The maximum Gasteiger partial charge on any atom is 0.0726 e. The second-order valence-corrected chi connectivity index (χ2v) is 2.68. The highest BCUT2D eigenvalue weighted by molar-refractivity contribution is 5.80. The van der Waals surface area contributed by atoms with E-state index in [0.717, 1.165) is 5.70 Å². The molecule has 2 heteroatoms. The molecular weight excluding hydrogens is 112 g/mol. The van der Waals surface area contributed by atoms with E-state index >= 15 is 0 Å². The van der Waals surface area contributed by atoms with Gasteiger partial charge in [-0.1, -0.05) is 13.8 Å². The van der Waals surface area contributed by atoms with Gasteiger partial charge in [-0.15, -0.1) is 0 Å². The van der Waals surface area contributed by atoms with Gasteiger partial charge in [0.2, 0.25) is 0 Å². The van der Waals surface area contributed by atoms with E-state index in [-0.39, 0.29) is 0 Å². The van der Waals surface area contributed by atoms with Crippen LogP contribution in [0.25, 0.3) is 0 Å². The van der Waals surface area contributed by atoms with Crippen LogP contribution in [0.5, 0.6) is 0 Å². The van der Waals surface area contributed by atoms with Crippen LogP contribution in [0.2, 0.25) is 0 Å². The normalized spacial score (nSPS) is 25.2. The summed E-state index contributed by atoms with van der Waals surface area (Å²) in [5.41, 5.74) is 6.27. The molecule has 1 aliphatic heterocycles. The molecule has 0 amide bonds. The lowest BCUT2D eigenvalue weighted by molar-refractivity contribution is 0.579. The van der Waals surface area contributed by atoms with Gasteiger partial charge in [-0.25, -0.2) is 0 Å². The molecule has 0 aliphatic carbocycles. The van der Waals surface area contributed by atoms with Crippen molar-refractivity contribution in [2.75, 3.05) is 0 Å². The topological polar surface area (TPSA) is 38.4 Å². The molecule has 50 valence electrons. The molecule has 0 saturated carbocycles. The van der Waals surface area contributed by atoms with Gasteiger partial charge in [0, 0.05) is 11.9 Å². The Kier molecular flexibility index (Phi) is 1.56. The summed E-state index contributed by atoms with van der Waals surface area (Å²) >= 11 is 0. The number of allylic oxidation sites excluding steroid dienone is 1. The van der Waals surface area contributed by atoms with Crippen molar-refractivity contribution in [3.8, 4) is 0 Å². The highest BCUT2D eigenvalue weighted by Gasteiger charge is 2.11. The summed E-state index contributed by atoms with van der Waals surface area (Å²) < 4.78 is 0. The lowest BCUT2D eigenvalue weighted by Crippen LogP contribution is -2.06. The quantitative estimate of drug-likeness (QED) is 0.555. The van der Waals surface area contributed by atoms with Crippen molar-refractivity contribution in [1.29, 1.82) is 0 Å². The molecule has 0 bridgehead atoms. The van der Waals surface area contributed by atoms with Crippen LogP contribution >= 0.6 is 0 Å². The Morgan fingerprint density at radius 2 is 2.33 bits per heavy atom. The minimum Gasteiger partial charge on any atom is -0.398 e. The lowest BCUT2D eigenvalue weighted by atomic mass is 10.1. The van der Waals surface area contributed by atoms with Crippen molar-refractivity contribution >= 4 is 6.21 Å². The van der Waals surface area contributed by atoms with Gasteiger partial charge in [0.25, 0.3) is 0 Å². The second-order valence-electron chi connectivity index (χ2n) is 2.68. The summed E-state index contributed by atoms with van der Waals surface area (Å²) in [4.78, 5) is 4.17. The largest absolute Gasteiger partial charge is 0.398 e. The van der Waals surface area contributed by atoms with E-state index in [4.69, 9.17) is 5.73 Å². The highest BCUT2D eigenvalue weighted by Crippen LogP contribution is 2.12. The van der Waals surface area contributed by atoms with Gasteiger partial charge in [-0.2, -0.15) is 0 Å². The van der Waals surface area contributed by atoms with Crippen LogP contribution < -0.4 is 5.73 Å². The number of hydrogen-bond donors (Lipinski definition) is 1. The average molecular weight is 124 g/mol. The summed E-state index contributed by atoms with van der Waals surface area (Å²) in [6.45, 7) is 4.27. The van der Waals surface area contributed by atoms with Gasteiger partial charge < -0.3 is 5.73 Å². The first-order valence-corrected chi connectivity index (χ1v) is 3.20. The summed E-state index contributed by atoms with van der Waals surface area (Å²) in [7, 11) is 0. The molecule has 1 heterocycles. The zero-order chi connectivity index (χ0) is 6.85. The molecule has 2 N–H and O–H groups in total. The summed E-state index contributed by atoms with van der Waals surface area (Å²) in [5, 5.41) is 0. The fraction of sp³-hybridized carbons (Fsp3) is 0.571. The SMILES string of the molecule is CC(C)C1C=C(N)C=N1. The first-order chi connectivity index (χ1) is 4.20. The smallest absolute Gasteiger partial charge is 0.0726 e. The molecule has 1 aliphatic rings. The van der Waals surface area contributed by atoms with Crippen LogP contribution in [0.3, 0.4) is 0 Å². The molecule has 2 nitrogen and oxygen atoms in total. The molecular formula is C7H12N2. The molecule has 0 aromatic rings. The fourth-order valence-corrected chi connectivity index (χ4v) is 0.820. The van der Waals surface area contributed by atoms with Crippen molar-refractivity contribution in [3.63, 3.8) is 0 Å². The first kappa shape index (κ1) is 6.33. The zero-order valence-corrected chi connectivity index (χ0v) is 5.83. The van der Waals surface area contributed by atoms with Crippen molar-refractivity contribution in [2.24, 2.45) is 16.6 Å². The van der Waals surface area contributed by atoms with E-state index in [1.165, 1.54) is 0 Å². The number of aliphatic imine (C=N–C) groups is 1. The fourth-order valence-electron chi connectivity index (χ4n) is 0.820. The van der Waals surface area contributed by atoms with Crippen LogP contribution in [0.1, 0.15) is 13.8 Å². The second kappa shape index (κ2) is 2.21. The van der Waals surface area contributed by atoms with E-state index < -0.39 is 0 Å². The monoisotopic (exact) mass is 124 g/mol. The Bertz CT molecular complexity index is 156. The number of rotatable bonds is 1. The van der Waals surface area contributed by atoms with Crippen molar-refractivity contribution < 1.29 is 0 Å². The van der Waals surface area contributed by atoms with Crippen LogP contribution in [-0.4, -0.2) is 12.3 Å². The van der Waals surface area contributed by atoms with Gasteiger partial charge >= 0.3 is 0 Å².